The van der Waals surface area contributed by atoms with E-state index in [-0.39, 0.29) is 0 Å². The van der Waals surface area contributed by atoms with Gasteiger partial charge in [0.05, 0.1) is 0 Å². The smallest absolute Gasteiger partial charge is 0.222 e. The minimum atomic E-state index is 0.361. The Balaban J connectivity index is 2.23. The monoisotopic (exact) mass is 261 g/mol. The van der Waals surface area contributed by atoms with Crippen molar-refractivity contribution >= 4 is 21.8 Å². The summed E-state index contributed by atoms with van der Waals surface area (Å²) in [6.45, 7) is 4.07. The fourth-order valence-corrected chi connectivity index (χ4v) is 2.47. The number of carbonyl (C=O) groups is 1. The van der Waals surface area contributed by atoms with Gasteiger partial charge in [-0.25, -0.2) is 0 Å². The first-order chi connectivity index (χ1) is 6.77. The number of likely N-dealkylation sites (tertiary alicyclic amines) is 1. The number of piperidine rings is 1. The molecule has 0 radical (unpaired) electrons. The van der Waals surface area contributed by atoms with Gasteiger partial charge in [0.1, 0.15) is 0 Å². The first-order valence-electron chi connectivity index (χ1n) is 5.61. The highest BCUT2D eigenvalue weighted by Gasteiger charge is 2.21. The van der Waals surface area contributed by atoms with E-state index in [0.717, 1.165) is 43.6 Å². The van der Waals surface area contributed by atoms with Gasteiger partial charge in [-0.05, 0) is 25.2 Å². The molecule has 82 valence electrons. The summed E-state index contributed by atoms with van der Waals surface area (Å²) in [7, 11) is 0. The summed E-state index contributed by atoms with van der Waals surface area (Å²) in [6.07, 6.45) is 5.24. The van der Waals surface area contributed by atoms with Crippen molar-refractivity contribution in [1.29, 1.82) is 0 Å². The van der Waals surface area contributed by atoms with Crippen molar-refractivity contribution in [1.82, 2.24) is 4.90 Å². The molecule has 0 aromatic rings. The fraction of sp³-hybridized carbons (Fsp3) is 0.909. The van der Waals surface area contributed by atoms with E-state index in [4.69, 9.17) is 0 Å². The third kappa shape index (κ3) is 3.60. The third-order valence-corrected chi connectivity index (χ3v) is 3.85. The second-order valence-electron chi connectivity index (χ2n) is 4.08. The van der Waals surface area contributed by atoms with Crippen LogP contribution in [0.15, 0.2) is 0 Å². The van der Waals surface area contributed by atoms with Crippen LogP contribution in [0.1, 0.15) is 39.0 Å². The van der Waals surface area contributed by atoms with Gasteiger partial charge in [0, 0.05) is 24.8 Å². The number of hydrogen-bond donors (Lipinski definition) is 0. The molecule has 2 nitrogen and oxygen atoms in total. The van der Waals surface area contributed by atoms with Gasteiger partial charge in [-0.3, -0.25) is 4.79 Å². The van der Waals surface area contributed by atoms with E-state index in [9.17, 15) is 4.79 Å². The van der Waals surface area contributed by atoms with Crippen molar-refractivity contribution in [2.24, 2.45) is 5.92 Å². The van der Waals surface area contributed by atoms with E-state index in [1.54, 1.807) is 0 Å². The van der Waals surface area contributed by atoms with Crippen molar-refractivity contribution in [2.45, 2.75) is 39.0 Å². The Morgan fingerprint density at radius 2 is 2.07 bits per heavy atom. The summed E-state index contributed by atoms with van der Waals surface area (Å²) >= 11 is 3.51. The van der Waals surface area contributed by atoms with E-state index in [1.165, 1.54) is 12.8 Å². The number of hydrogen-bond acceptors (Lipinski definition) is 1. The van der Waals surface area contributed by atoms with Gasteiger partial charge in [0.25, 0.3) is 0 Å². The van der Waals surface area contributed by atoms with Gasteiger partial charge in [-0.15, -0.1) is 0 Å². The van der Waals surface area contributed by atoms with Crippen molar-refractivity contribution in [3.8, 4) is 0 Å². The van der Waals surface area contributed by atoms with Crippen LogP contribution in [0.4, 0.5) is 0 Å². The van der Waals surface area contributed by atoms with Crippen LogP contribution in [-0.2, 0) is 4.79 Å². The number of nitrogens with zero attached hydrogens (tertiary/aromatic N) is 1. The molecule has 0 N–H and O–H groups in total. The molecule has 0 bridgehead atoms. The predicted molar refractivity (Wildman–Crippen MR) is 62.6 cm³/mol. The van der Waals surface area contributed by atoms with E-state index < -0.39 is 0 Å². The highest BCUT2D eigenvalue weighted by molar-refractivity contribution is 9.09. The number of rotatable bonds is 4. The van der Waals surface area contributed by atoms with Gasteiger partial charge >= 0.3 is 0 Å². The Morgan fingerprint density at radius 3 is 2.57 bits per heavy atom. The zero-order valence-electron chi connectivity index (χ0n) is 8.97. The molecule has 1 aliphatic heterocycles. The molecule has 1 heterocycles. The minimum Gasteiger partial charge on any atom is -0.343 e. The molecule has 3 heteroatoms. The van der Waals surface area contributed by atoms with E-state index in [0.29, 0.717) is 5.91 Å². The SMILES string of the molecule is CCCCC(=O)N1CCC(CBr)CC1. The third-order valence-electron chi connectivity index (χ3n) is 2.93. The van der Waals surface area contributed by atoms with Gasteiger partial charge in [-0.2, -0.15) is 0 Å². The Labute approximate surface area is 95.2 Å². The van der Waals surface area contributed by atoms with Crippen LogP contribution in [0.25, 0.3) is 0 Å². The molecule has 0 aliphatic carbocycles. The van der Waals surface area contributed by atoms with Gasteiger partial charge in [0.2, 0.25) is 5.91 Å². The lowest BCUT2D eigenvalue weighted by Crippen LogP contribution is -2.38. The van der Waals surface area contributed by atoms with E-state index in [1.807, 2.05) is 4.90 Å². The Hall–Kier alpha value is -0.0500. The van der Waals surface area contributed by atoms with Gasteiger partial charge in [0.15, 0.2) is 0 Å². The number of alkyl halides is 1. The van der Waals surface area contributed by atoms with Crippen LogP contribution in [0.2, 0.25) is 0 Å². The van der Waals surface area contributed by atoms with Crippen molar-refractivity contribution in [3.05, 3.63) is 0 Å². The zero-order chi connectivity index (χ0) is 10.4. The highest BCUT2D eigenvalue weighted by Crippen LogP contribution is 2.19. The maximum absolute atomic E-state index is 11.7. The minimum absolute atomic E-state index is 0.361. The van der Waals surface area contributed by atoms with Crippen LogP contribution in [-0.4, -0.2) is 29.2 Å². The second-order valence-corrected chi connectivity index (χ2v) is 4.73. The van der Waals surface area contributed by atoms with Crippen LogP contribution < -0.4 is 0 Å². The maximum Gasteiger partial charge on any atom is 0.222 e. The van der Waals surface area contributed by atoms with Crippen molar-refractivity contribution in [3.63, 3.8) is 0 Å². The lowest BCUT2D eigenvalue weighted by Gasteiger charge is -2.31. The first-order valence-corrected chi connectivity index (χ1v) is 6.73. The van der Waals surface area contributed by atoms with Crippen molar-refractivity contribution in [2.75, 3.05) is 18.4 Å². The summed E-state index contributed by atoms with van der Waals surface area (Å²) in [5, 5.41) is 1.09. The predicted octanol–water partition coefficient (Wildman–Crippen LogP) is 2.81. The zero-order valence-corrected chi connectivity index (χ0v) is 10.6. The second kappa shape index (κ2) is 6.44. The normalized spacial score (nSPS) is 18.6. The molecule has 1 saturated heterocycles. The average Bonchev–Trinajstić information content (AvgIpc) is 2.26. The molecule has 1 fully saturated rings. The topological polar surface area (TPSA) is 20.3 Å². The molecule has 14 heavy (non-hydrogen) atoms. The number of unbranched alkanes of at least 4 members (excludes halogenated alkanes) is 1. The largest absolute Gasteiger partial charge is 0.343 e. The Kier molecular flexibility index (Phi) is 5.53. The van der Waals surface area contributed by atoms with Crippen LogP contribution in [0, 0.1) is 5.92 Å². The molecular weight excluding hydrogens is 242 g/mol. The Morgan fingerprint density at radius 1 is 1.43 bits per heavy atom. The average molecular weight is 262 g/mol. The molecule has 1 aliphatic rings. The fourth-order valence-electron chi connectivity index (χ4n) is 1.82. The van der Waals surface area contributed by atoms with Gasteiger partial charge in [-0.1, -0.05) is 29.3 Å². The molecule has 0 spiro atoms. The lowest BCUT2D eigenvalue weighted by molar-refractivity contribution is -0.132. The van der Waals surface area contributed by atoms with Crippen LogP contribution in [0.3, 0.4) is 0 Å². The molecule has 1 amide bonds. The van der Waals surface area contributed by atoms with E-state index >= 15 is 0 Å². The first kappa shape index (κ1) is 12.0. The van der Waals surface area contributed by atoms with Gasteiger partial charge < -0.3 is 4.90 Å². The summed E-state index contributed by atoms with van der Waals surface area (Å²) in [6, 6.07) is 0. The standard InChI is InChI=1S/C11H20BrNO/c1-2-3-4-11(14)13-7-5-10(9-12)6-8-13/h10H,2-9H2,1H3. The Bertz CT molecular complexity index is 176. The summed E-state index contributed by atoms with van der Waals surface area (Å²) in [5.41, 5.74) is 0. The molecular formula is C11H20BrNO. The number of amides is 1. The van der Waals surface area contributed by atoms with Crippen molar-refractivity contribution < 1.29 is 4.79 Å². The molecule has 0 aromatic carbocycles. The molecule has 0 saturated carbocycles. The number of carbonyl (C=O) groups excluding carboxylic acids is 1. The molecule has 0 atom stereocenters. The summed E-state index contributed by atoms with van der Waals surface area (Å²) < 4.78 is 0. The summed E-state index contributed by atoms with van der Waals surface area (Å²) in [4.78, 5) is 13.7. The van der Waals surface area contributed by atoms with E-state index in [2.05, 4.69) is 22.9 Å². The quantitative estimate of drug-likeness (QED) is 0.713. The lowest BCUT2D eigenvalue weighted by atomic mass is 9.99. The molecule has 1 rings (SSSR count). The maximum atomic E-state index is 11.7. The summed E-state index contributed by atoms with van der Waals surface area (Å²) in [5.74, 6) is 1.14. The highest BCUT2D eigenvalue weighted by atomic mass is 79.9. The molecule has 0 unspecified atom stereocenters. The molecule has 0 aromatic heterocycles. The number of halogens is 1. The van der Waals surface area contributed by atoms with Crippen LogP contribution in [0.5, 0.6) is 0 Å². The van der Waals surface area contributed by atoms with Crippen LogP contribution >= 0.6 is 15.9 Å².